The first-order valence-corrected chi connectivity index (χ1v) is 4.29. The molecule has 15 heavy (non-hydrogen) atoms. The first-order chi connectivity index (χ1) is 7.15. The van der Waals surface area contributed by atoms with Crippen molar-refractivity contribution < 1.29 is 9.53 Å². The molecule has 2 heterocycles. The number of H-pyrrole nitrogens is 1. The summed E-state index contributed by atoms with van der Waals surface area (Å²) in [6.07, 6.45) is 1.28. The fourth-order valence-corrected chi connectivity index (χ4v) is 1.48. The van der Waals surface area contributed by atoms with Crippen LogP contribution in [0.4, 0.5) is 0 Å². The lowest BCUT2D eigenvalue weighted by molar-refractivity contribution is 0.0603. The average molecular weight is 207 g/mol. The minimum Gasteiger partial charge on any atom is -0.465 e. The van der Waals surface area contributed by atoms with Crippen molar-refractivity contribution in [2.75, 3.05) is 7.11 Å². The Kier molecular flexibility index (Phi) is 2.03. The van der Waals surface area contributed by atoms with Crippen LogP contribution in [0.1, 0.15) is 16.1 Å². The molecule has 0 bridgehead atoms. The highest BCUT2D eigenvalue weighted by molar-refractivity contribution is 5.97. The molecule has 0 saturated heterocycles. The molecule has 0 saturated carbocycles. The zero-order valence-corrected chi connectivity index (χ0v) is 8.27. The van der Waals surface area contributed by atoms with E-state index in [2.05, 4.69) is 14.8 Å². The highest BCUT2D eigenvalue weighted by atomic mass is 16.5. The van der Waals surface area contributed by atoms with E-state index in [0.717, 1.165) is 0 Å². The highest BCUT2D eigenvalue weighted by Gasteiger charge is 2.17. The second-order valence-electron chi connectivity index (χ2n) is 3.07. The lowest BCUT2D eigenvalue weighted by atomic mass is 10.3. The average Bonchev–Trinajstić information content (AvgIpc) is 2.57. The van der Waals surface area contributed by atoms with E-state index in [1.165, 1.54) is 18.0 Å². The van der Waals surface area contributed by atoms with Gasteiger partial charge in [0.05, 0.1) is 12.7 Å². The van der Waals surface area contributed by atoms with Crippen molar-refractivity contribution in [3.63, 3.8) is 0 Å². The third-order valence-corrected chi connectivity index (χ3v) is 2.14. The van der Waals surface area contributed by atoms with Crippen LogP contribution in [-0.4, -0.2) is 27.7 Å². The molecule has 2 rings (SSSR count). The smallest absolute Gasteiger partial charge is 0.340 e. The number of fused-ring (bicyclic) bond motifs is 1. The summed E-state index contributed by atoms with van der Waals surface area (Å²) in [6, 6.07) is 1.57. The van der Waals surface area contributed by atoms with Crippen LogP contribution >= 0.6 is 0 Å². The maximum absolute atomic E-state index is 11.5. The van der Waals surface area contributed by atoms with Gasteiger partial charge in [-0.3, -0.25) is 4.79 Å². The Balaban J connectivity index is 2.87. The second kappa shape index (κ2) is 3.23. The van der Waals surface area contributed by atoms with Crippen molar-refractivity contribution >= 4 is 11.5 Å². The first-order valence-electron chi connectivity index (χ1n) is 4.29. The third-order valence-electron chi connectivity index (χ3n) is 2.14. The summed E-state index contributed by atoms with van der Waals surface area (Å²) in [6.45, 7) is 1.76. The third kappa shape index (κ3) is 1.30. The molecule has 6 nitrogen and oxygen atoms in total. The number of carbonyl (C=O) groups is 1. The van der Waals surface area contributed by atoms with Gasteiger partial charge in [-0.15, -0.1) is 0 Å². The number of nitrogens with one attached hydrogen (secondary N) is 1. The van der Waals surface area contributed by atoms with E-state index < -0.39 is 5.97 Å². The van der Waals surface area contributed by atoms with Crippen LogP contribution in [0, 0.1) is 6.92 Å². The lowest BCUT2D eigenvalue weighted by Crippen LogP contribution is -2.14. The molecule has 78 valence electrons. The van der Waals surface area contributed by atoms with Gasteiger partial charge in [-0.25, -0.2) is 9.31 Å². The van der Waals surface area contributed by atoms with Gasteiger partial charge in [-0.2, -0.15) is 5.10 Å². The minimum absolute atomic E-state index is 0.210. The quantitative estimate of drug-likeness (QED) is 0.674. The van der Waals surface area contributed by atoms with Crippen LogP contribution in [0.3, 0.4) is 0 Å². The topological polar surface area (TPSA) is 76.5 Å². The van der Waals surface area contributed by atoms with E-state index in [0.29, 0.717) is 5.69 Å². The fourth-order valence-electron chi connectivity index (χ4n) is 1.48. The standard InChI is InChI=1S/C9H9N3O3/c1-5-3-6(9(14)15-2)7-8(13)10-4-11-12(5)7/h3-4H,1-2H3,(H,10,11,13). The maximum atomic E-state index is 11.5. The summed E-state index contributed by atoms with van der Waals surface area (Å²) in [5.41, 5.74) is 0.779. The van der Waals surface area contributed by atoms with Gasteiger partial charge in [0.15, 0.2) is 0 Å². The van der Waals surface area contributed by atoms with Crippen LogP contribution in [0.2, 0.25) is 0 Å². The molecular weight excluding hydrogens is 198 g/mol. The molecule has 0 spiro atoms. The van der Waals surface area contributed by atoms with Crippen LogP contribution in [-0.2, 0) is 4.74 Å². The van der Waals surface area contributed by atoms with Crippen molar-refractivity contribution in [2.24, 2.45) is 0 Å². The van der Waals surface area contributed by atoms with E-state index in [4.69, 9.17) is 0 Å². The van der Waals surface area contributed by atoms with Crippen LogP contribution in [0.25, 0.3) is 5.52 Å². The van der Waals surface area contributed by atoms with Gasteiger partial charge in [0, 0.05) is 5.69 Å². The van der Waals surface area contributed by atoms with Crippen molar-refractivity contribution in [1.29, 1.82) is 0 Å². The Morgan fingerprint density at radius 3 is 3.00 bits per heavy atom. The molecule has 6 heteroatoms. The summed E-state index contributed by atoms with van der Waals surface area (Å²) >= 11 is 0. The number of methoxy groups -OCH3 is 1. The monoisotopic (exact) mass is 207 g/mol. The second-order valence-corrected chi connectivity index (χ2v) is 3.07. The molecule has 0 radical (unpaired) electrons. The van der Waals surface area contributed by atoms with Gasteiger partial charge in [0.1, 0.15) is 11.8 Å². The molecule has 0 amide bonds. The Labute approximate surface area is 84.5 Å². The van der Waals surface area contributed by atoms with Gasteiger partial charge < -0.3 is 9.72 Å². The Morgan fingerprint density at radius 1 is 1.60 bits per heavy atom. The number of aryl methyl sites for hydroxylation is 1. The molecule has 2 aromatic heterocycles. The predicted molar refractivity (Wildman–Crippen MR) is 51.9 cm³/mol. The van der Waals surface area contributed by atoms with Crippen molar-refractivity contribution in [2.45, 2.75) is 6.92 Å². The van der Waals surface area contributed by atoms with Gasteiger partial charge in [0.2, 0.25) is 0 Å². The number of nitrogens with zero attached hydrogens (tertiary/aromatic N) is 2. The molecule has 1 N–H and O–H groups in total. The molecule has 0 fully saturated rings. The predicted octanol–water partition coefficient (Wildman–Crippen LogP) is 0.118. The summed E-state index contributed by atoms with van der Waals surface area (Å²) < 4.78 is 5.99. The SMILES string of the molecule is COC(=O)c1cc(C)n2nc[nH]c(=O)c12. The number of hydrogen-bond acceptors (Lipinski definition) is 4. The van der Waals surface area contributed by atoms with E-state index in [-0.39, 0.29) is 16.6 Å². The van der Waals surface area contributed by atoms with Gasteiger partial charge in [0.25, 0.3) is 5.56 Å². The summed E-state index contributed by atoms with van der Waals surface area (Å²) in [4.78, 5) is 25.3. The Bertz CT molecular complexity index is 582. The van der Waals surface area contributed by atoms with Crippen molar-refractivity contribution in [3.8, 4) is 0 Å². The van der Waals surface area contributed by atoms with Gasteiger partial charge in [-0.05, 0) is 13.0 Å². The number of hydrogen-bond donors (Lipinski definition) is 1. The van der Waals surface area contributed by atoms with Gasteiger partial charge >= 0.3 is 5.97 Å². The summed E-state index contributed by atoms with van der Waals surface area (Å²) in [7, 11) is 1.27. The highest BCUT2D eigenvalue weighted by Crippen LogP contribution is 2.12. The zero-order chi connectivity index (χ0) is 11.0. The van der Waals surface area contributed by atoms with Crippen LogP contribution < -0.4 is 5.56 Å². The van der Waals surface area contributed by atoms with E-state index >= 15 is 0 Å². The number of carbonyl (C=O) groups excluding carboxylic acids is 1. The number of rotatable bonds is 1. The number of aromatic nitrogens is 3. The van der Waals surface area contributed by atoms with Crippen LogP contribution in [0.15, 0.2) is 17.2 Å². The maximum Gasteiger partial charge on any atom is 0.340 e. The minimum atomic E-state index is -0.542. The number of esters is 1. The lowest BCUT2D eigenvalue weighted by Gasteiger charge is -1.96. The van der Waals surface area contributed by atoms with E-state index in [9.17, 15) is 9.59 Å². The molecule has 2 aromatic rings. The van der Waals surface area contributed by atoms with Crippen molar-refractivity contribution in [1.82, 2.24) is 14.6 Å². The van der Waals surface area contributed by atoms with E-state index in [1.807, 2.05) is 0 Å². The van der Waals surface area contributed by atoms with E-state index in [1.54, 1.807) is 13.0 Å². The number of aromatic amines is 1. The summed E-state index contributed by atoms with van der Waals surface area (Å²) in [5, 5.41) is 3.93. The zero-order valence-electron chi connectivity index (χ0n) is 8.27. The normalized spacial score (nSPS) is 10.5. The molecule has 0 aliphatic heterocycles. The molecular formula is C9H9N3O3. The van der Waals surface area contributed by atoms with Crippen LogP contribution in [0.5, 0.6) is 0 Å². The Morgan fingerprint density at radius 2 is 2.33 bits per heavy atom. The largest absolute Gasteiger partial charge is 0.465 e. The molecule has 0 aromatic carbocycles. The summed E-state index contributed by atoms with van der Waals surface area (Å²) in [5.74, 6) is -0.542. The number of ether oxygens (including phenoxy) is 1. The molecule has 0 atom stereocenters. The van der Waals surface area contributed by atoms with Crippen molar-refractivity contribution in [3.05, 3.63) is 34.0 Å². The Hall–Kier alpha value is -2.11. The molecule has 0 aliphatic rings. The first kappa shape index (κ1) is 9.45. The fraction of sp³-hybridized carbons (Fsp3) is 0.222. The van der Waals surface area contributed by atoms with Gasteiger partial charge in [-0.1, -0.05) is 0 Å². The molecule has 0 unspecified atom stereocenters. The molecule has 0 aliphatic carbocycles.